The van der Waals surface area contributed by atoms with Gasteiger partial charge in [0.2, 0.25) is 0 Å². The number of piperidine rings is 1. The third kappa shape index (κ3) is 2.69. The Bertz CT molecular complexity index is 753. The highest BCUT2D eigenvalue weighted by Crippen LogP contribution is 2.27. The van der Waals surface area contributed by atoms with Gasteiger partial charge in [0.25, 0.3) is 5.91 Å². The maximum absolute atomic E-state index is 12.7. The summed E-state index contributed by atoms with van der Waals surface area (Å²) >= 11 is 0. The summed E-state index contributed by atoms with van der Waals surface area (Å²) in [6, 6.07) is 2.94. The van der Waals surface area contributed by atoms with Crippen molar-refractivity contribution in [2.75, 3.05) is 13.1 Å². The van der Waals surface area contributed by atoms with Crippen LogP contribution in [0.4, 0.5) is 0 Å². The molecule has 2 aromatic rings. The minimum Gasteiger partial charge on any atom is -0.348 e. The second-order valence-electron chi connectivity index (χ2n) is 7.29. The first-order valence-corrected chi connectivity index (χ1v) is 9.01. The fraction of sp³-hybridized carbons (Fsp3) is 0.611. The first kappa shape index (κ1) is 15.6. The van der Waals surface area contributed by atoms with Gasteiger partial charge in [-0.3, -0.25) is 9.69 Å². The summed E-state index contributed by atoms with van der Waals surface area (Å²) < 4.78 is 1.88. The predicted molar refractivity (Wildman–Crippen MR) is 93.0 cm³/mol. The molecule has 2 unspecified atom stereocenters. The Balaban J connectivity index is 1.51. The van der Waals surface area contributed by atoms with Gasteiger partial charge in [0.1, 0.15) is 0 Å². The second kappa shape index (κ2) is 6.16. The highest BCUT2D eigenvalue weighted by atomic mass is 16.1. The Morgan fingerprint density at radius 2 is 2.12 bits per heavy atom. The van der Waals surface area contributed by atoms with Crippen LogP contribution in [0.2, 0.25) is 0 Å². The zero-order valence-corrected chi connectivity index (χ0v) is 14.4. The molecule has 2 aliphatic heterocycles. The van der Waals surface area contributed by atoms with Gasteiger partial charge in [-0.1, -0.05) is 6.42 Å². The maximum atomic E-state index is 12.7. The third-order valence-corrected chi connectivity index (χ3v) is 5.36. The van der Waals surface area contributed by atoms with E-state index in [-0.39, 0.29) is 18.0 Å². The Hall–Kier alpha value is -1.95. The molecule has 1 amide bonds. The van der Waals surface area contributed by atoms with Gasteiger partial charge in [0.15, 0.2) is 5.65 Å². The molecule has 4 heterocycles. The lowest BCUT2D eigenvalue weighted by Crippen LogP contribution is -2.46. The SMILES string of the molecule is CC(C)n1ncc2cc(C(=O)NC3CCN4CCCCC34)cnc21. The maximum Gasteiger partial charge on any atom is 0.253 e. The number of fused-ring (bicyclic) bond motifs is 2. The number of nitrogens with one attached hydrogen (secondary N) is 1. The lowest BCUT2D eigenvalue weighted by atomic mass is 9.99. The van der Waals surface area contributed by atoms with Crippen molar-refractivity contribution in [3.63, 3.8) is 0 Å². The first-order valence-electron chi connectivity index (χ1n) is 9.01. The summed E-state index contributed by atoms with van der Waals surface area (Å²) in [6.07, 6.45) is 8.27. The number of hydrogen-bond donors (Lipinski definition) is 1. The Morgan fingerprint density at radius 3 is 2.96 bits per heavy atom. The molecule has 1 N–H and O–H groups in total. The van der Waals surface area contributed by atoms with E-state index >= 15 is 0 Å². The van der Waals surface area contributed by atoms with Crippen LogP contribution in [0.3, 0.4) is 0 Å². The number of carbonyl (C=O) groups is 1. The van der Waals surface area contributed by atoms with Crippen molar-refractivity contribution in [2.24, 2.45) is 0 Å². The number of amides is 1. The smallest absolute Gasteiger partial charge is 0.253 e. The van der Waals surface area contributed by atoms with Crippen LogP contribution in [0.15, 0.2) is 18.5 Å². The summed E-state index contributed by atoms with van der Waals surface area (Å²) in [5.74, 6) is -0.0147. The van der Waals surface area contributed by atoms with E-state index in [9.17, 15) is 4.79 Å². The topological polar surface area (TPSA) is 63.1 Å². The monoisotopic (exact) mass is 327 g/mol. The molecule has 2 atom stereocenters. The average Bonchev–Trinajstić information content (AvgIpc) is 3.18. The summed E-state index contributed by atoms with van der Waals surface area (Å²) in [6.45, 7) is 6.43. The standard InChI is InChI=1S/C18H25N5O/c1-12(2)23-17-13(11-20-23)9-14(10-19-17)18(24)21-15-6-8-22-7-4-3-5-16(15)22/h9-12,15-16H,3-8H2,1-2H3,(H,21,24). The van der Waals surface area contributed by atoms with Gasteiger partial charge < -0.3 is 5.32 Å². The molecule has 0 saturated carbocycles. The first-order chi connectivity index (χ1) is 11.6. The summed E-state index contributed by atoms with van der Waals surface area (Å²) in [5, 5.41) is 8.53. The van der Waals surface area contributed by atoms with E-state index in [1.54, 1.807) is 12.4 Å². The van der Waals surface area contributed by atoms with Crippen molar-refractivity contribution in [3.05, 3.63) is 24.0 Å². The average molecular weight is 327 g/mol. The molecule has 24 heavy (non-hydrogen) atoms. The zero-order valence-electron chi connectivity index (χ0n) is 14.4. The largest absolute Gasteiger partial charge is 0.348 e. The van der Waals surface area contributed by atoms with Gasteiger partial charge in [0.05, 0.1) is 11.8 Å². The fourth-order valence-corrected chi connectivity index (χ4v) is 4.11. The van der Waals surface area contributed by atoms with E-state index in [0.717, 1.165) is 24.0 Å². The van der Waals surface area contributed by atoms with E-state index < -0.39 is 0 Å². The molecule has 0 radical (unpaired) electrons. The van der Waals surface area contributed by atoms with Gasteiger partial charge in [-0.25, -0.2) is 9.67 Å². The van der Waals surface area contributed by atoms with Crippen molar-refractivity contribution in [1.29, 1.82) is 0 Å². The van der Waals surface area contributed by atoms with Crippen molar-refractivity contribution in [3.8, 4) is 0 Å². The van der Waals surface area contributed by atoms with Gasteiger partial charge in [0, 0.05) is 36.3 Å². The van der Waals surface area contributed by atoms with E-state index in [1.165, 1.54) is 25.8 Å². The molecule has 2 aliphatic rings. The molecule has 6 nitrogen and oxygen atoms in total. The minimum absolute atomic E-state index is 0.0147. The molecule has 0 aromatic carbocycles. The second-order valence-corrected chi connectivity index (χ2v) is 7.29. The number of carbonyl (C=O) groups excluding carboxylic acids is 1. The quantitative estimate of drug-likeness (QED) is 0.940. The number of rotatable bonds is 3. The molecule has 2 aromatic heterocycles. The summed E-state index contributed by atoms with van der Waals surface area (Å²) in [5.41, 5.74) is 1.46. The van der Waals surface area contributed by atoms with Gasteiger partial charge in [-0.05, 0) is 45.7 Å². The molecular formula is C18H25N5O. The van der Waals surface area contributed by atoms with E-state index in [1.807, 2.05) is 10.7 Å². The van der Waals surface area contributed by atoms with Crippen molar-refractivity contribution < 1.29 is 4.79 Å². The lowest BCUT2D eigenvalue weighted by molar-refractivity contribution is 0.0915. The van der Waals surface area contributed by atoms with Gasteiger partial charge in [-0.2, -0.15) is 5.10 Å². The van der Waals surface area contributed by atoms with Crippen LogP contribution in [0.5, 0.6) is 0 Å². The number of hydrogen-bond acceptors (Lipinski definition) is 4. The molecule has 2 saturated heterocycles. The fourth-order valence-electron chi connectivity index (χ4n) is 4.11. The number of aromatic nitrogens is 3. The summed E-state index contributed by atoms with van der Waals surface area (Å²) in [7, 11) is 0. The zero-order chi connectivity index (χ0) is 16.7. The Kier molecular flexibility index (Phi) is 4.00. The highest BCUT2D eigenvalue weighted by Gasteiger charge is 2.36. The number of pyridine rings is 1. The molecular weight excluding hydrogens is 302 g/mol. The van der Waals surface area contributed by atoms with Gasteiger partial charge >= 0.3 is 0 Å². The van der Waals surface area contributed by atoms with E-state index in [2.05, 4.69) is 34.1 Å². The molecule has 0 spiro atoms. The van der Waals surface area contributed by atoms with E-state index in [4.69, 9.17) is 0 Å². The lowest BCUT2D eigenvalue weighted by Gasteiger charge is -2.32. The van der Waals surface area contributed by atoms with Crippen LogP contribution >= 0.6 is 0 Å². The molecule has 2 fully saturated rings. The molecule has 6 heteroatoms. The van der Waals surface area contributed by atoms with Crippen LogP contribution in [0, 0.1) is 0 Å². The molecule has 0 bridgehead atoms. The highest BCUT2D eigenvalue weighted by molar-refractivity contribution is 5.97. The van der Waals surface area contributed by atoms with Crippen LogP contribution in [0.1, 0.15) is 55.9 Å². The Morgan fingerprint density at radius 1 is 1.25 bits per heavy atom. The molecule has 128 valence electrons. The van der Waals surface area contributed by atoms with Crippen LogP contribution in [-0.4, -0.2) is 50.7 Å². The third-order valence-electron chi connectivity index (χ3n) is 5.36. The van der Waals surface area contributed by atoms with Crippen molar-refractivity contribution >= 4 is 16.9 Å². The van der Waals surface area contributed by atoms with Crippen LogP contribution in [0.25, 0.3) is 11.0 Å². The number of nitrogens with zero attached hydrogens (tertiary/aromatic N) is 4. The van der Waals surface area contributed by atoms with E-state index in [0.29, 0.717) is 11.6 Å². The van der Waals surface area contributed by atoms with Gasteiger partial charge in [-0.15, -0.1) is 0 Å². The van der Waals surface area contributed by atoms with Crippen LogP contribution < -0.4 is 5.32 Å². The summed E-state index contributed by atoms with van der Waals surface area (Å²) in [4.78, 5) is 19.7. The normalized spacial score (nSPS) is 24.5. The van der Waals surface area contributed by atoms with Crippen LogP contribution in [-0.2, 0) is 0 Å². The molecule has 4 rings (SSSR count). The van der Waals surface area contributed by atoms with Crippen molar-refractivity contribution in [2.45, 2.75) is 57.7 Å². The predicted octanol–water partition coefficient (Wildman–Crippen LogP) is 2.37. The molecule has 0 aliphatic carbocycles. The minimum atomic E-state index is -0.0147. The van der Waals surface area contributed by atoms with Crippen molar-refractivity contribution in [1.82, 2.24) is 25.0 Å². The Labute approximate surface area is 142 Å².